The number of aromatic nitrogens is 2. The van der Waals surface area contributed by atoms with Crippen molar-refractivity contribution in [3.63, 3.8) is 0 Å². The van der Waals surface area contributed by atoms with Crippen molar-refractivity contribution in [3.8, 4) is 11.5 Å². The molecule has 0 bridgehead atoms. The molecule has 0 saturated carbocycles. The van der Waals surface area contributed by atoms with Gasteiger partial charge in [-0.1, -0.05) is 31.1 Å². The molecule has 0 amide bonds. The highest BCUT2D eigenvalue weighted by atomic mass is 16.6. The fourth-order valence-corrected chi connectivity index (χ4v) is 2.16. The number of hydrogen-bond donors (Lipinski definition) is 0. The largest absolute Gasteiger partial charge is 0.493 e. The molecule has 0 spiro atoms. The van der Waals surface area contributed by atoms with Gasteiger partial charge in [0.2, 0.25) is 0 Å². The molecular formula is C17H22N2O5. The average Bonchev–Trinajstić information content (AvgIpc) is 3.06. The number of hydrogen-bond acceptors (Lipinski definition) is 7. The van der Waals surface area contributed by atoms with Crippen molar-refractivity contribution in [3.05, 3.63) is 35.5 Å². The molecule has 0 unspecified atom stereocenters. The molecule has 0 aliphatic heterocycles. The highest BCUT2D eigenvalue weighted by molar-refractivity contribution is 5.70. The van der Waals surface area contributed by atoms with Gasteiger partial charge in [0.15, 0.2) is 23.9 Å². The number of aryl methyl sites for hydroxylation is 1. The molecule has 1 aromatic carbocycles. The van der Waals surface area contributed by atoms with E-state index in [1.54, 1.807) is 14.2 Å². The van der Waals surface area contributed by atoms with E-state index in [1.807, 2.05) is 32.0 Å². The van der Waals surface area contributed by atoms with E-state index < -0.39 is 0 Å². The first-order valence-corrected chi connectivity index (χ1v) is 7.73. The molecule has 0 N–H and O–H groups in total. The molecule has 0 radical (unpaired) electrons. The lowest BCUT2D eigenvalue weighted by molar-refractivity contribution is -0.145. The minimum absolute atomic E-state index is 0.0200. The number of carbonyl (C=O) groups is 1. The van der Waals surface area contributed by atoms with Crippen molar-refractivity contribution in [2.75, 3.05) is 14.2 Å². The molecule has 0 aliphatic rings. The quantitative estimate of drug-likeness (QED) is 0.686. The van der Waals surface area contributed by atoms with Crippen LogP contribution in [0.25, 0.3) is 0 Å². The Hall–Kier alpha value is -2.57. The van der Waals surface area contributed by atoms with E-state index in [0.29, 0.717) is 29.6 Å². The standard InChI is InChI=1S/C17H22N2O5/c1-11(2)17-18-14(24-19-17)10-23-15(20)9-8-12-6-5-7-13(21-3)16(12)22-4/h5-7,11H,8-10H2,1-4H3. The van der Waals surface area contributed by atoms with Crippen LogP contribution < -0.4 is 9.47 Å². The second kappa shape index (κ2) is 8.33. The third kappa shape index (κ3) is 4.47. The second-order valence-electron chi connectivity index (χ2n) is 5.51. The molecule has 0 atom stereocenters. The van der Waals surface area contributed by atoms with Crippen molar-refractivity contribution < 1.29 is 23.5 Å². The van der Waals surface area contributed by atoms with Gasteiger partial charge in [-0.2, -0.15) is 4.98 Å². The van der Waals surface area contributed by atoms with E-state index >= 15 is 0 Å². The fraction of sp³-hybridized carbons (Fsp3) is 0.471. The van der Waals surface area contributed by atoms with Crippen molar-refractivity contribution in [2.45, 2.75) is 39.2 Å². The van der Waals surface area contributed by atoms with Crippen LogP contribution in [0.15, 0.2) is 22.7 Å². The van der Waals surface area contributed by atoms with E-state index in [1.165, 1.54) is 0 Å². The maximum atomic E-state index is 11.9. The van der Waals surface area contributed by atoms with Crippen LogP contribution in [0.3, 0.4) is 0 Å². The Morgan fingerprint density at radius 2 is 2.04 bits per heavy atom. The lowest BCUT2D eigenvalue weighted by Gasteiger charge is -2.12. The Balaban J connectivity index is 1.87. The van der Waals surface area contributed by atoms with Crippen LogP contribution in [0.1, 0.15) is 43.5 Å². The molecule has 0 fully saturated rings. The van der Waals surface area contributed by atoms with Gasteiger partial charge in [-0.3, -0.25) is 4.79 Å². The molecule has 2 aromatic rings. The summed E-state index contributed by atoms with van der Waals surface area (Å²) < 4.78 is 20.8. The number of methoxy groups -OCH3 is 2. The van der Waals surface area contributed by atoms with E-state index in [2.05, 4.69) is 10.1 Å². The van der Waals surface area contributed by atoms with Crippen LogP contribution in [0.5, 0.6) is 11.5 Å². The Kier molecular flexibility index (Phi) is 6.17. The zero-order valence-corrected chi connectivity index (χ0v) is 14.4. The summed E-state index contributed by atoms with van der Waals surface area (Å²) in [5.41, 5.74) is 0.883. The van der Waals surface area contributed by atoms with Crippen LogP contribution in [-0.4, -0.2) is 30.3 Å². The average molecular weight is 334 g/mol. The van der Waals surface area contributed by atoms with Gasteiger partial charge in [-0.25, -0.2) is 0 Å². The zero-order chi connectivity index (χ0) is 17.5. The predicted molar refractivity (Wildman–Crippen MR) is 86.1 cm³/mol. The van der Waals surface area contributed by atoms with Crippen molar-refractivity contribution in [1.82, 2.24) is 10.1 Å². The van der Waals surface area contributed by atoms with Gasteiger partial charge in [-0.05, 0) is 18.1 Å². The van der Waals surface area contributed by atoms with Crippen LogP contribution in [-0.2, 0) is 22.6 Å². The zero-order valence-electron chi connectivity index (χ0n) is 14.4. The monoisotopic (exact) mass is 334 g/mol. The van der Waals surface area contributed by atoms with Crippen LogP contribution in [0.2, 0.25) is 0 Å². The predicted octanol–water partition coefficient (Wildman–Crippen LogP) is 2.89. The molecule has 0 saturated heterocycles. The summed E-state index contributed by atoms with van der Waals surface area (Å²) in [6.07, 6.45) is 0.703. The van der Waals surface area contributed by atoms with Gasteiger partial charge in [-0.15, -0.1) is 0 Å². The summed E-state index contributed by atoms with van der Waals surface area (Å²) in [6, 6.07) is 5.55. The first kappa shape index (κ1) is 17.8. The fourth-order valence-electron chi connectivity index (χ4n) is 2.16. The highest BCUT2D eigenvalue weighted by Crippen LogP contribution is 2.31. The van der Waals surface area contributed by atoms with Crippen LogP contribution >= 0.6 is 0 Å². The van der Waals surface area contributed by atoms with Crippen molar-refractivity contribution in [2.24, 2.45) is 0 Å². The molecular weight excluding hydrogens is 312 g/mol. The minimum Gasteiger partial charge on any atom is -0.493 e. The minimum atomic E-state index is -0.343. The lowest BCUT2D eigenvalue weighted by Crippen LogP contribution is -2.07. The SMILES string of the molecule is COc1cccc(CCC(=O)OCc2nc(C(C)C)no2)c1OC. The smallest absolute Gasteiger partial charge is 0.306 e. The Bertz CT molecular complexity index is 681. The maximum Gasteiger partial charge on any atom is 0.306 e. The highest BCUT2D eigenvalue weighted by Gasteiger charge is 2.14. The summed E-state index contributed by atoms with van der Waals surface area (Å²) in [4.78, 5) is 16.1. The summed E-state index contributed by atoms with van der Waals surface area (Å²) in [5, 5.41) is 3.82. The van der Waals surface area contributed by atoms with E-state index in [4.69, 9.17) is 18.7 Å². The first-order chi connectivity index (χ1) is 11.5. The topological polar surface area (TPSA) is 83.7 Å². The third-order valence-electron chi connectivity index (χ3n) is 3.44. The lowest BCUT2D eigenvalue weighted by atomic mass is 10.1. The first-order valence-electron chi connectivity index (χ1n) is 7.73. The molecule has 7 nitrogen and oxygen atoms in total. The molecule has 1 aromatic heterocycles. The molecule has 130 valence electrons. The van der Waals surface area contributed by atoms with Gasteiger partial charge < -0.3 is 18.7 Å². The number of para-hydroxylation sites is 1. The number of rotatable bonds is 8. The normalized spacial score (nSPS) is 10.7. The van der Waals surface area contributed by atoms with Gasteiger partial charge in [0, 0.05) is 12.3 Å². The number of benzene rings is 1. The van der Waals surface area contributed by atoms with E-state index in [9.17, 15) is 4.79 Å². The molecule has 1 heterocycles. The molecule has 0 aliphatic carbocycles. The number of esters is 1. The van der Waals surface area contributed by atoms with Crippen LogP contribution in [0, 0.1) is 0 Å². The number of carbonyl (C=O) groups excluding carboxylic acids is 1. The third-order valence-corrected chi connectivity index (χ3v) is 3.44. The second-order valence-corrected chi connectivity index (χ2v) is 5.51. The van der Waals surface area contributed by atoms with Crippen molar-refractivity contribution in [1.29, 1.82) is 0 Å². The Labute approximate surface area is 140 Å². The van der Waals surface area contributed by atoms with Crippen LogP contribution in [0.4, 0.5) is 0 Å². The maximum absolute atomic E-state index is 11.9. The molecule has 7 heteroatoms. The van der Waals surface area contributed by atoms with Gasteiger partial charge >= 0.3 is 5.97 Å². The van der Waals surface area contributed by atoms with Crippen molar-refractivity contribution >= 4 is 5.97 Å². The summed E-state index contributed by atoms with van der Waals surface area (Å²) in [7, 11) is 3.15. The molecule has 24 heavy (non-hydrogen) atoms. The summed E-state index contributed by atoms with van der Waals surface area (Å²) >= 11 is 0. The summed E-state index contributed by atoms with van der Waals surface area (Å²) in [5.74, 6) is 1.98. The Morgan fingerprint density at radius 3 is 2.67 bits per heavy atom. The van der Waals surface area contributed by atoms with E-state index in [0.717, 1.165) is 5.56 Å². The van der Waals surface area contributed by atoms with Gasteiger partial charge in [0.25, 0.3) is 5.89 Å². The van der Waals surface area contributed by atoms with E-state index in [-0.39, 0.29) is 24.9 Å². The summed E-state index contributed by atoms with van der Waals surface area (Å²) in [6.45, 7) is 3.90. The Morgan fingerprint density at radius 1 is 1.25 bits per heavy atom. The number of ether oxygens (including phenoxy) is 3. The molecule has 2 rings (SSSR count). The van der Waals surface area contributed by atoms with Gasteiger partial charge in [0.1, 0.15) is 0 Å². The number of nitrogens with zero attached hydrogens (tertiary/aromatic N) is 2. The van der Waals surface area contributed by atoms with Gasteiger partial charge in [0.05, 0.1) is 14.2 Å².